The molecule has 0 bridgehead atoms. The van der Waals surface area contributed by atoms with Crippen molar-refractivity contribution in [2.24, 2.45) is 5.92 Å². The number of carbonyl (C=O) groups excluding carboxylic acids is 1. The molecule has 0 spiro atoms. The van der Waals surface area contributed by atoms with E-state index in [1.807, 2.05) is 45.9 Å². The smallest absolute Gasteiger partial charge is 0.315 e. The van der Waals surface area contributed by atoms with E-state index in [1.165, 1.54) is 0 Å². The highest BCUT2D eigenvalue weighted by molar-refractivity contribution is 5.75. The summed E-state index contributed by atoms with van der Waals surface area (Å²) in [6.07, 6.45) is -0.114. The predicted molar refractivity (Wildman–Crippen MR) is 95.1 cm³/mol. The van der Waals surface area contributed by atoms with E-state index in [1.54, 1.807) is 0 Å². The lowest BCUT2D eigenvalue weighted by Gasteiger charge is -2.24. The molecule has 0 fully saturated rings. The number of nitrogens with one attached hydrogen (secondary N) is 2. The highest BCUT2D eigenvalue weighted by Crippen LogP contribution is 2.32. The molecule has 0 aliphatic rings. The van der Waals surface area contributed by atoms with Gasteiger partial charge in [0, 0.05) is 6.54 Å². The molecule has 0 saturated carbocycles. The van der Waals surface area contributed by atoms with Crippen LogP contribution < -0.4 is 20.1 Å². The molecular formula is C18H28N2O5. The maximum atomic E-state index is 12.0. The number of rotatable bonds is 10. The van der Waals surface area contributed by atoms with Gasteiger partial charge in [-0.3, -0.25) is 4.79 Å². The van der Waals surface area contributed by atoms with Gasteiger partial charge in [0.05, 0.1) is 25.7 Å². The monoisotopic (exact) mass is 352 g/mol. The Morgan fingerprint density at radius 1 is 1.12 bits per heavy atom. The van der Waals surface area contributed by atoms with Crippen molar-refractivity contribution in [3.05, 3.63) is 23.8 Å². The van der Waals surface area contributed by atoms with Gasteiger partial charge >= 0.3 is 12.0 Å². The zero-order valence-electron chi connectivity index (χ0n) is 15.3. The summed E-state index contributed by atoms with van der Waals surface area (Å²) in [5, 5.41) is 14.1. The minimum atomic E-state index is -0.950. The van der Waals surface area contributed by atoms with Gasteiger partial charge in [0.1, 0.15) is 0 Å². The van der Waals surface area contributed by atoms with Crippen LogP contribution in [0.15, 0.2) is 18.2 Å². The Morgan fingerprint density at radius 2 is 1.76 bits per heavy atom. The molecule has 1 unspecified atom stereocenters. The van der Waals surface area contributed by atoms with Gasteiger partial charge in [-0.1, -0.05) is 19.9 Å². The molecule has 3 N–H and O–H groups in total. The fourth-order valence-corrected chi connectivity index (χ4v) is 2.37. The van der Waals surface area contributed by atoms with Crippen molar-refractivity contribution in [3.63, 3.8) is 0 Å². The van der Waals surface area contributed by atoms with E-state index in [-0.39, 0.29) is 24.9 Å². The van der Waals surface area contributed by atoms with Crippen LogP contribution in [0.4, 0.5) is 4.79 Å². The summed E-state index contributed by atoms with van der Waals surface area (Å²) >= 11 is 0. The highest BCUT2D eigenvalue weighted by Gasteiger charge is 2.20. The maximum Gasteiger partial charge on any atom is 0.315 e. The van der Waals surface area contributed by atoms with Crippen LogP contribution in [0, 0.1) is 5.92 Å². The van der Waals surface area contributed by atoms with E-state index in [0.29, 0.717) is 24.7 Å². The zero-order chi connectivity index (χ0) is 18.8. The third-order valence-electron chi connectivity index (χ3n) is 3.50. The maximum absolute atomic E-state index is 12.0. The predicted octanol–water partition coefficient (Wildman–Crippen LogP) is 2.96. The number of carboxylic acid groups (broad SMARTS) is 1. The zero-order valence-corrected chi connectivity index (χ0v) is 15.3. The van der Waals surface area contributed by atoms with E-state index in [0.717, 1.165) is 5.56 Å². The van der Waals surface area contributed by atoms with Gasteiger partial charge in [0.2, 0.25) is 0 Å². The second-order valence-electron chi connectivity index (χ2n) is 5.84. The van der Waals surface area contributed by atoms with E-state index in [4.69, 9.17) is 14.6 Å². The van der Waals surface area contributed by atoms with Crippen molar-refractivity contribution in [3.8, 4) is 11.5 Å². The third-order valence-corrected chi connectivity index (χ3v) is 3.50. The SMILES string of the molecule is CCOc1ccc(C(NC(=O)NCCC(=O)O)C(C)C)cc1OCC. The number of urea groups is 1. The molecule has 1 aromatic carbocycles. The largest absolute Gasteiger partial charge is 0.490 e. The summed E-state index contributed by atoms with van der Waals surface area (Å²) in [5.74, 6) is 0.494. The number of carbonyl (C=O) groups is 2. The average Bonchev–Trinajstić information content (AvgIpc) is 2.54. The van der Waals surface area contributed by atoms with Crippen LogP contribution in [0.25, 0.3) is 0 Å². The molecule has 1 aromatic rings. The number of benzene rings is 1. The molecule has 7 nitrogen and oxygen atoms in total. The summed E-state index contributed by atoms with van der Waals surface area (Å²) in [6, 6.07) is 4.97. The molecule has 2 amide bonds. The topological polar surface area (TPSA) is 96.9 Å². The second kappa shape index (κ2) is 10.4. The van der Waals surface area contributed by atoms with Crippen LogP contribution in [-0.4, -0.2) is 36.9 Å². The van der Waals surface area contributed by atoms with Crippen LogP contribution in [0.2, 0.25) is 0 Å². The molecule has 0 heterocycles. The van der Waals surface area contributed by atoms with E-state index in [9.17, 15) is 9.59 Å². The first-order valence-corrected chi connectivity index (χ1v) is 8.54. The molecule has 0 saturated heterocycles. The molecule has 0 aromatic heterocycles. The number of carboxylic acids is 1. The molecule has 0 aliphatic carbocycles. The highest BCUT2D eigenvalue weighted by atomic mass is 16.5. The normalized spacial score (nSPS) is 11.7. The molecule has 0 aliphatic heterocycles. The van der Waals surface area contributed by atoms with Crippen LogP contribution in [0.5, 0.6) is 11.5 Å². The van der Waals surface area contributed by atoms with Gasteiger partial charge in [0.25, 0.3) is 0 Å². The van der Waals surface area contributed by atoms with Gasteiger partial charge in [-0.2, -0.15) is 0 Å². The molecule has 25 heavy (non-hydrogen) atoms. The Balaban J connectivity index is 2.88. The fourth-order valence-electron chi connectivity index (χ4n) is 2.37. The van der Waals surface area contributed by atoms with Gasteiger partial charge in [-0.25, -0.2) is 4.79 Å². The molecule has 1 rings (SSSR count). The molecular weight excluding hydrogens is 324 g/mol. The number of ether oxygens (including phenoxy) is 2. The van der Waals surface area contributed by atoms with Crippen LogP contribution in [0.1, 0.15) is 45.7 Å². The Labute approximate surface area is 148 Å². The summed E-state index contributed by atoms with van der Waals surface area (Å²) < 4.78 is 11.2. The third kappa shape index (κ3) is 6.91. The summed E-state index contributed by atoms with van der Waals surface area (Å²) in [7, 11) is 0. The van der Waals surface area contributed by atoms with E-state index >= 15 is 0 Å². The lowest BCUT2D eigenvalue weighted by molar-refractivity contribution is -0.136. The molecule has 7 heteroatoms. The summed E-state index contributed by atoms with van der Waals surface area (Å²) in [4.78, 5) is 22.5. The molecule has 140 valence electrons. The standard InChI is InChI=1S/C18H28N2O5/c1-5-24-14-8-7-13(11-15(14)25-6-2)17(12(3)4)20-18(23)19-10-9-16(21)22/h7-8,11-12,17H,5-6,9-10H2,1-4H3,(H,21,22)(H2,19,20,23). The first-order valence-electron chi connectivity index (χ1n) is 8.54. The van der Waals surface area contributed by atoms with Gasteiger partial charge < -0.3 is 25.2 Å². The summed E-state index contributed by atoms with van der Waals surface area (Å²) in [5.41, 5.74) is 0.898. The number of hydrogen-bond acceptors (Lipinski definition) is 4. The van der Waals surface area contributed by atoms with Crippen molar-refractivity contribution in [1.29, 1.82) is 0 Å². The van der Waals surface area contributed by atoms with Crippen molar-refractivity contribution in [2.75, 3.05) is 19.8 Å². The lowest BCUT2D eigenvalue weighted by atomic mass is 9.96. The minimum absolute atomic E-state index is 0.0828. The molecule has 1 atom stereocenters. The van der Waals surface area contributed by atoms with Crippen molar-refractivity contribution < 1.29 is 24.2 Å². The number of aliphatic carboxylic acids is 1. The van der Waals surface area contributed by atoms with Crippen LogP contribution in [-0.2, 0) is 4.79 Å². The van der Waals surface area contributed by atoms with Crippen molar-refractivity contribution >= 4 is 12.0 Å². The van der Waals surface area contributed by atoms with Gasteiger partial charge in [-0.15, -0.1) is 0 Å². The Kier molecular flexibility index (Phi) is 8.60. The van der Waals surface area contributed by atoms with Gasteiger partial charge in [-0.05, 0) is 37.5 Å². The lowest BCUT2D eigenvalue weighted by Crippen LogP contribution is -2.40. The fraction of sp³-hybridized carbons (Fsp3) is 0.556. The number of amides is 2. The van der Waals surface area contributed by atoms with Crippen LogP contribution >= 0.6 is 0 Å². The minimum Gasteiger partial charge on any atom is -0.490 e. The first-order chi connectivity index (χ1) is 11.9. The van der Waals surface area contributed by atoms with Crippen molar-refractivity contribution in [1.82, 2.24) is 10.6 Å². The summed E-state index contributed by atoms with van der Waals surface area (Å²) in [6.45, 7) is 8.94. The Morgan fingerprint density at radius 3 is 2.32 bits per heavy atom. The first kappa shape index (κ1) is 20.6. The number of hydrogen-bond donors (Lipinski definition) is 3. The second-order valence-corrected chi connectivity index (χ2v) is 5.84. The van der Waals surface area contributed by atoms with Crippen molar-refractivity contribution in [2.45, 2.75) is 40.2 Å². The van der Waals surface area contributed by atoms with Gasteiger partial charge in [0.15, 0.2) is 11.5 Å². The van der Waals surface area contributed by atoms with E-state index < -0.39 is 12.0 Å². The van der Waals surface area contributed by atoms with E-state index in [2.05, 4.69) is 10.6 Å². The molecule has 0 radical (unpaired) electrons. The average molecular weight is 352 g/mol. The Bertz CT molecular complexity index is 575. The van der Waals surface area contributed by atoms with Crippen LogP contribution in [0.3, 0.4) is 0 Å². The quantitative estimate of drug-likeness (QED) is 0.601. The Hall–Kier alpha value is -2.44.